The highest BCUT2D eigenvalue weighted by atomic mass is 16.2. The van der Waals surface area contributed by atoms with E-state index in [1.54, 1.807) is 0 Å². The van der Waals surface area contributed by atoms with Gasteiger partial charge in [0.25, 0.3) is 0 Å². The normalized spacial score (nSPS) is 14.5. The summed E-state index contributed by atoms with van der Waals surface area (Å²) in [6, 6.07) is 0. The van der Waals surface area contributed by atoms with Gasteiger partial charge < -0.3 is 5.32 Å². The Morgan fingerprint density at radius 1 is 0.944 bits per heavy atom. The lowest BCUT2D eigenvalue weighted by Crippen LogP contribution is -2.43. The van der Waals surface area contributed by atoms with Crippen molar-refractivity contribution in [2.24, 2.45) is 22.7 Å². The maximum absolute atomic E-state index is 12.3. The zero-order chi connectivity index (χ0) is 14.7. The molecule has 0 unspecified atom stereocenters. The third-order valence-corrected chi connectivity index (χ3v) is 3.04. The zero-order valence-corrected chi connectivity index (χ0v) is 13.2. The Hall–Kier alpha value is -0.860. The van der Waals surface area contributed by atoms with Crippen LogP contribution in [0, 0.1) is 22.7 Å². The summed E-state index contributed by atoms with van der Waals surface area (Å²) < 4.78 is 0. The number of hydrogen-bond donors (Lipinski definition) is 1. The first-order chi connectivity index (χ1) is 7.87. The maximum Gasteiger partial charge on any atom is 0.225 e. The third-order valence-electron chi connectivity index (χ3n) is 3.04. The van der Waals surface area contributed by atoms with Gasteiger partial charge in [0.1, 0.15) is 5.78 Å². The lowest BCUT2D eigenvalue weighted by molar-refractivity contribution is -0.133. The molecule has 0 aliphatic carbocycles. The van der Waals surface area contributed by atoms with E-state index in [4.69, 9.17) is 0 Å². The SMILES string of the molecule is CC(C)[C@@H](CNC(=O)C(C)(C)C)C(=O)C(C)(C)C. The average molecular weight is 255 g/mol. The van der Waals surface area contributed by atoms with Crippen molar-refractivity contribution in [1.29, 1.82) is 0 Å². The molecule has 106 valence electrons. The molecule has 0 aliphatic rings. The third kappa shape index (κ3) is 5.19. The second-order valence-corrected chi connectivity index (χ2v) is 7.42. The Morgan fingerprint density at radius 3 is 1.67 bits per heavy atom. The fourth-order valence-corrected chi connectivity index (χ4v) is 1.66. The summed E-state index contributed by atoms with van der Waals surface area (Å²) in [5.74, 6) is 0.329. The first-order valence-corrected chi connectivity index (χ1v) is 6.70. The number of rotatable bonds is 4. The molecule has 0 bridgehead atoms. The standard InChI is InChI=1S/C15H29NO2/c1-10(2)11(12(17)14(3,4)5)9-16-13(18)15(6,7)8/h10-11H,9H2,1-8H3,(H,16,18)/t11-/m1/s1. The quantitative estimate of drug-likeness (QED) is 0.839. The highest BCUT2D eigenvalue weighted by Gasteiger charge is 2.32. The van der Waals surface area contributed by atoms with E-state index in [2.05, 4.69) is 5.32 Å². The first kappa shape index (κ1) is 17.1. The van der Waals surface area contributed by atoms with Gasteiger partial charge in [0.15, 0.2) is 0 Å². The summed E-state index contributed by atoms with van der Waals surface area (Å²) in [4.78, 5) is 24.2. The molecule has 3 heteroatoms. The molecular formula is C15H29NO2. The molecule has 1 amide bonds. The van der Waals surface area contributed by atoms with Crippen LogP contribution in [0.25, 0.3) is 0 Å². The second kappa shape index (κ2) is 5.85. The number of carbonyl (C=O) groups excluding carboxylic acids is 2. The van der Waals surface area contributed by atoms with Gasteiger partial charge in [0.05, 0.1) is 0 Å². The summed E-state index contributed by atoms with van der Waals surface area (Å²) in [6.45, 7) is 15.9. The van der Waals surface area contributed by atoms with E-state index in [1.807, 2.05) is 55.4 Å². The van der Waals surface area contributed by atoms with Crippen LogP contribution in [0.2, 0.25) is 0 Å². The summed E-state index contributed by atoms with van der Waals surface area (Å²) in [5, 5.41) is 2.90. The Morgan fingerprint density at radius 2 is 1.39 bits per heavy atom. The molecular weight excluding hydrogens is 226 g/mol. The topological polar surface area (TPSA) is 46.2 Å². The van der Waals surface area contributed by atoms with Crippen molar-refractivity contribution in [2.45, 2.75) is 55.4 Å². The molecule has 0 heterocycles. The minimum atomic E-state index is -0.410. The van der Waals surface area contributed by atoms with E-state index < -0.39 is 5.41 Å². The van der Waals surface area contributed by atoms with E-state index in [-0.39, 0.29) is 28.9 Å². The van der Waals surface area contributed by atoms with E-state index in [9.17, 15) is 9.59 Å². The van der Waals surface area contributed by atoms with Crippen LogP contribution in [0.1, 0.15) is 55.4 Å². The molecule has 0 aromatic heterocycles. The van der Waals surface area contributed by atoms with E-state index in [0.29, 0.717) is 6.54 Å². The minimum absolute atomic E-state index is 0.00476. The van der Waals surface area contributed by atoms with Gasteiger partial charge in [-0.2, -0.15) is 0 Å². The Kier molecular flexibility index (Phi) is 5.57. The lowest BCUT2D eigenvalue weighted by atomic mass is 9.78. The largest absolute Gasteiger partial charge is 0.355 e. The molecule has 0 saturated carbocycles. The number of ketones is 1. The van der Waals surface area contributed by atoms with Crippen molar-refractivity contribution in [2.75, 3.05) is 6.54 Å². The van der Waals surface area contributed by atoms with Gasteiger partial charge in [0.2, 0.25) is 5.91 Å². The van der Waals surface area contributed by atoms with Gasteiger partial charge >= 0.3 is 0 Å². The van der Waals surface area contributed by atoms with Crippen LogP contribution in [0.15, 0.2) is 0 Å². The molecule has 0 radical (unpaired) electrons. The van der Waals surface area contributed by atoms with Crippen LogP contribution < -0.4 is 5.32 Å². The predicted octanol–water partition coefficient (Wildman–Crippen LogP) is 3.04. The van der Waals surface area contributed by atoms with Gasteiger partial charge in [-0.05, 0) is 5.92 Å². The van der Waals surface area contributed by atoms with Gasteiger partial charge in [0, 0.05) is 23.3 Å². The molecule has 1 N–H and O–H groups in total. The van der Waals surface area contributed by atoms with Crippen molar-refractivity contribution >= 4 is 11.7 Å². The molecule has 0 spiro atoms. The molecule has 0 fully saturated rings. The van der Waals surface area contributed by atoms with Crippen LogP contribution in [0.4, 0.5) is 0 Å². The smallest absolute Gasteiger partial charge is 0.225 e. The molecule has 0 aliphatic heterocycles. The van der Waals surface area contributed by atoms with E-state index in [0.717, 1.165) is 0 Å². The minimum Gasteiger partial charge on any atom is -0.355 e. The summed E-state index contributed by atoms with van der Waals surface area (Å²) in [6.07, 6.45) is 0. The fraction of sp³-hybridized carbons (Fsp3) is 0.867. The Balaban J connectivity index is 4.69. The predicted molar refractivity (Wildman–Crippen MR) is 75.3 cm³/mol. The van der Waals surface area contributed by atoms with Gasteiger partial charge in [-0.1, -0.05) is 55.4 Å². The second-order valence-electron chi connectivity index (χ2n) is 7.42. The highest BCUT2D eigenvalue weighted by Crippen LogP contribution is 2.25. The number of Topliss-reactive ketones (excluding diaryl/α,β-unsaturated/α-hetero) is 1. The molecule has 3 nitrogen and oxygen atoms in total. The number of carbonyl (C=O) groups is 2. The monoisotopic (exact) mass is 255 g/mol. The molecule has 18 heavy (non-hydrogen) atoms. The van der Waals surface area contributed by atoms with Crippen LogP contribution in [0.3, 0.4) is 0 Å². The van der Waals surface area contributed by atoms with Crippen molar-refractivity contribution < 1.29 is 9.59 Å². The van der Waals surface area contributed by atoms with Crippen molar-refractivity contribution in [3.8, 4) is 0 Å². The summed E-state index contributed by atoms with van der Waals surface area (Å²) in [5.41, 5.74) is -0.770. The molecule has 0 aromatic rings. The van der Waals surface area contributed by atoms with Crippen molar-refractivity contribution in [3.63, 3.8) is 0 Å². The first-order valence-electron chi connectivity index (χ1n) is 6.70. The lowest BCUT2D eigenvalue weighted by Gasteiger charge is -2.28. The summed E-state index contributed by atoms with van der Waals surface area (Å²) >= 11 is 0. The van der Waals surface area contributed by atoms with Crippen LogP contribution >= 0.6 is 0 Å². The van der Waals surface area contributed by atoms with Crippen LogP contribution in [-0.2, 0) is 9.59 Å². The summed E-state index contributed by atoms with van der Waals surface area (Å²) in [7, 11) is 0. The highest BCUT2D eigenvalue weighted by molar-refractivity contribution is 5.87. The fourth-order valence-electron chi connectivity index (χ4n) is 1.66. The zero-order valence-electron chi connectivity index (χ0n) is 13.2. The van der Waals surface area contributed by atoms with Crippen molar-refractivity contribution in [1.82, 2.24) is 5.32 Å². The van der Waals surface area contributed by atoms with Gasteiger partial charge in [-0.3, -0.25) is 9.59 Å². The van der Waals surface area contributed by atoms with E-state index >= 15 is 0 Å². The van der Waals surface area contributed by atoms with Crippen LogP contribution in [0.5, 0.6) is 0 Å². The molecule has 0 rings (SSSR count). The maximum atomic E-state index is 12.3. The molecule has 1 atom stereocenters. The Bertz CT molecular complexity index is 305. The van der Waals surface area contributed by atoms with Crippen molar-refractivity contribution in [3.05, 3.63) is 0 Å². The molecule has 0 aromatic carbocycles. The Labute approximate surface area is 112 Å². The van der Waals surface area contributed by atoms with Gasteiger partial charge in [-0.25, -0.2) is 0 Å². The number of hydrogen-bond acceptors (Lipinski definition) is 2. The van der Waals surface area contributed by atoms with E-state index in [1.165, 1.54) is 0 Å². The molecule has 0 saturated heterocycles. The average Bonchev–Trinajstić information content (AvgIpc) is 2.13. The number of amides is 1. The van der Waals surface area contributed by atoms with Crippen LogP contribution in [-0.4, -0.2) is 18.2 Å². The van der Waals surface area contributed by atoms with Gasteiger partial charge in [-0.15, -0.1) is 0 Å². The number of nitrogens with one attached hydrogen (secondary N) is 1.